The normalized spacial score (nSPS) is 10.3. The summed E-state index contributed by atoms with van der Waals surface area (Å²) in [5.74, 6) is 0.782. The maximum absolute atomic E-state index is 9.15. The van der Waals surface area contributed by atoms with Gasteiger partial charge in [0.15, 0.2) is 0 Å². The summed E-state index contributed by atoms with van der Waals surface area (Å²) in [5.41, 5.74) is 2.83. The van der Waals surface area contributed by atoms with Crippen LogP contribution in [-0.4, -0.2) is 12.2 Å². The lowest BCUT2D eigenvalue weighted by Crippen LogP contribution is -1.91. The molecule has 0 heterocycles. The number of halogens is 1. The summed E-state index contributed by atoms with van der Waals surface area (Å²) in [6, 6.07) is 13.2. The van der Waals surface area contributed by atoms with E-state index < -0.39 is 0 Å². The van der Waals surface area contributed by atoms with E-state index in [1.807, 2.05) is 42.5 Å². The van der Waals surface area contributed by atoms with Crippen molar-refractivity contribution < 1.29 is 9.84 Å². The van der Waals surface area contributed by atoms with Gasteiger partial charge in [-0.3, -0.25) is 0 Å². The fourth-order valence-corrected chi connectivity index (χ4v) is 1.83. The minimum absolute atomic E-state index is 0.0184. The van der Waals surface area contributed by atoms with Gasteiger partial charge in [0.1, 0.15) is 5.75 Å². The molecule has 0 atom stereocenters. The van der Waals surface area contributed by atoms with E-state index in [9.17, 15) is 0 Å². The molecule has 2 aromatic carbocycles. The summed E-state index contributed by atoms with van der Waals surface area (Å²) in [7, 11) is 1.63. The predicted octanol–water partition coefficient (Wildman–Crippen LogP) is 3.51. The van der Waals surface area contributed by atoms with Crippen LogP contribution in [0.5, 0.6) is 5.75 Å². The summed E-state index contributed by atoms with van der Waals surface area (Å²) in [6.07, 6.45) is 0. The van der Waals surface area contributed by atoms with Crippen molar-refractivity contribution in [3.05, 3.63) is 53.1 Å². The topological polar surface area (TPSA) is 29.5 Å². The van der Waals surface area contributed by atoms with Gasteiger partial charge in [-0.2, -0.15) is 0 Å². The Kier molecular flexibility index (Phi) is 3.67. The van der Waals surface area contributed by atoms with Gasteiger partial charge in [-0.1, -0.05) is 29.8 Å². The molecule has 1 N–H and O–H groups in total. The van der Waals surface area contributed by atoms with Crippen LogP contribution in [0.4, 0.5) is 0 Å². The maximum Gasteiger partial charge on any atom is 0.126 e. The van der Waals surface area contributed by atoms with Gasteiger partial charge in [-0.05, 0) is 35.4 Å². The molecule has 3 heteroatoms. The highest BCUT2D eigenvalue weighted by molar-refractivity contribution is 6.30. The number of rotatable bonds is 3. The van der Waals surface area contributed by atoms with E-state index in [2.05, 4.69) is 0 Å². The Balaban J connectivity index is 2.51. The zero-order valence-electron chi connectivity index (χ0n) is 9.48. The summed E-state index contributed by atoms with van der Waals surface area (Å²) in [6.45, 7) is 0.0184. The molecule has 0 aliphatic rings. The monoisotopic (exact) mass is 248 g/mol. The molecule has 17 heavy (non-hydrogen) atoms. The number of ether oxygens (including phenoxy) is 1. The molecule has 0 spiro atoms. The van der Waals surface area contributed by atoms with Gasteiger partial charge in [0.25, 0.3) is 0 Å². The van der Waals surface area contributed by atoms with Crippen molar-refractivity contribution in [1.29, 1.82) is 0 Å². The van der Waals surface area contributed by atoms with Crippen LogP contribution in [0, 0.1) is 0 Å². The Bertz CT molecular complexity index is 506. The second kappa shape index (κ2) is 5.21. The number of hydrogen-bond acceptors (Lipinski definition) is 2. The lowest BCUT2D eigenvalue weighted by Gasteiger charge is -2.10. The molecule has 0 radical (unpaired) electrons. The van der Waals surface area contributed by atoms with Crippen LogP contribution in [0.2, 0.25) is 5.02 Å². The van der Waals surface area contributed by atoms with Crippen molar-refractivity contribution in [2.75, 3.05) is 7.11 Å². The molecule has 0 bridgehead atoms. The van der Waals surface area contributed by atoms with E-state index in [0.29, 0.717) is 5.02 Å². The van der Waals surface area contributed by atoms with Crippen molar-refractivity contribution >= 4 is 11.6 Å². The molecule has 0 unspecified atom stereocenters. The van der Waals surface area contributed by atoms with E-state index in [0.717, 1.165) is 22.4 Å². The van der Waals surface area contributed by atoms with E-state index >= 15 is 0 Å². The summed E-state index contributed by atoms with van der Waals surface area (Å²) in [4.78, 5) is 0. The highest BCUT2D eigenvalue weighted by atomic mass is 35.5. The van der Waals surface area contributed by atoms with E-state index in [1.165, 1.54) is 0 Å². The Labute approximate surface area is 105 Å². The van der Waals surface area contributed by atoms with Crippen LogP contribution in [0.1, 0.15) is 5.56 Å². The van der Waals surface area contributed by atoms with Crippen molar-refractivity contribution in [3.8, 4) is 16.9 Å². The Morgan fingerprint density at radius 3 is 2.41 bits per heavy atom. The summed E-state index contributed by atoms with van der Waals surface area (Å²) in [5, 5.41) is 9.85. The first-order valence-electron chi connectivity index (χ1n) is 5.28. The fraction of sp³-hybridized carbons (Fsp3) is 0.143. The maximum atomic E-state index is 9.15. The van der Waals surface area contributed by atoms with Gasteiger partial charge >= 0.3 is 0 Å². The average Bonchev–Trinajstić information content (AvgIpc) is 2.39. The minimum Gasteiger partial charge on any atom is -0.496 e. The standard InChI is InChI=1S/C14H13ClO2/c1-17-14-7-2-10(9-16)8-13(14)11-3-5-12(15)6-4-11/h2-8,16H,9H2,1H3. The van der Waals surface area contributed by atoms with Crippen molar-refractivity contribution in [2.24, 2.45) is 0 Å². The molecule has 2 aromatic rings. The highest BCUT2D eigenvalue weighted by Crippen LogP contribution is 2.31. The molecule has 2 rings (SSSR count). The molecule has 0 amide bonds. The average molecular weight is 249 g/mol. The van der Waals surface area contributed by atoms with Crippen molar-refractivity contribution in [2.45, 2.75) is 6.61 Å². The third-order valence-corrected chi connectivity index (χ3v) is 2.85. The first-order valence-corrected chi connectivity index (χ1v) is 5.66. The van der Waals surface area contributed by atoms with Crippen LogP contribution in [-0.2, 0) is 6.61 Å². The molecular formula is C14H13ClO2. The second-order valence-electron chi connectivity index (χ2n) is 3.70. The van der Waals surface area contributed by atoms with Gasteiger partial charge in [0, 0.05) is 10.6 Å². The predicted molar refractivity (Wildman–Crippen MR) is 69.4 cm³/mol. The molecule has 0 fully saturated rings. The quantitative estimate of drug-likeness (QED) is 0.901. The zero-order valence-corrected chi connectivity index (χ0v) is 10.2. The molecule has 88 valence electrons. The Hall–Kier alpha value is -1.51. The Morgan fingerprint density at radius 1 is 1.12 bits per heavy atom. The van der Waals surface area contributed by atoms with Gasteiger partial charge in [-0.25, -0.2) is 0 Å². The molecule has 0 saturated heterocycles. The number of aliphatic hydroxyl groups excluding tert-OH is 1. The second-order valence-corrected chi connectivity index (χ2v) is 4.14. The smallest absolute Gasteiger partial charge is 0.126 e. The first-order chi connectivity index (χ1) is 8.24. The number of benzene rings is 2. The highest BCUT2D eigenvalue weighted by Gasteiger charge is 2.06. The molecule has 0 aliphatic heterocycles. The molecule has 0 aliphatic carbocycles. The van der Waals surface area contributed by atoms with E-state index in [1.54, 1.807) is 7.11 Å². The van der Waals surface area contributed by atoms with Gasteiger partial charge in [-0.15, -0.1) is 0 Å². The number of aliphatic hydroxyl groups is 1. The van der Waals surface area contributed by atoms with Crippen LogP contribution < -0.4 is 4.74 Å². The van der Waals surface area contributed by atoms with Crippen molar-refractivity contribution in [1.82, 2.24) is 0 Å². The third-order valence-electron chi connectivity index (χ3n) is 2.60. The van der Waals surface area contributed by atoms with Gasteiger partial charge < -0.3 is 9.84 Å². The van der Waals surface area contributed by atoms with Crippen LogP contribution in [0.25, 0.3) is 11.1 Å². The van der Waals surface area contributed by atoms with Gasteiger partial charge in [0.05, 0.1) is 13.7 Å². The molecule has 2 nitrogen and oxygen atoms in total. The Morgan fingerprint density at radius 2 is 1.82 bits per heavy atom. The minimum atomic E-state index is 0.0184. The van der Waals surface area contributed by atoms with Crippen molar-refractivity contribution in [3.63, 3.8) is 0 Å². The molecular weight excluding hydrogens is 236 g/mol. The number of hydrogen-bond donors (Lipinski definition) is 1. The molecule has 0 aromatic heterocycles. The lowest BCUT2D eigenvalue weighted by atomic mass is 10.0. The van der Waals surface area contributed by atoms with Crippen LogP contribution in [0.15, 0.2) is 42.5 Å². The number of methoxy groups -OCH3 is 1. The third kappa shape index (κ3) is 2.60. The summed E-state index contributed by atoms with van der Waals surface area (Å²) < 4.78 is 5.31. The van der Waals surface area contributed by atoms with E-state index in [4.69, 9.17) is 21.4 Å². The first kappa shape index (κ1) is 12.0. The largest absolute Gasteiger partial charge is 0.496 e. The van der Waals surface area contributed by atoms with Crippen LogP contribution in [0.3, 0.4) is 0 Å². The SMILES string of the molecule is COc1ccc(CO)cc1-c1ccc(Cl)cc1. The van der Waals surface area contributed by atoms with Gasteiger partial charge in [0.2, 0.25) is 0 Å². The van der Waals surface area contributed by atoms with Crippen LogP contribution >= 0.6 is 11.6 Å². The zero-order chi connectivity index (χ0) is 12.3. The van der Waals surface area contributed by atoms with E-state index in [-0.39, 0.29) is 6.61 Å². The lowest BCUT2D eigenvalue weighted by molar-refractivity contribution is 0.281. The summed E-state index contributed by atoms with van der Waals surface area (Å²) >= 11 is 5.86. The molecule has 0 saturated carbocycles. The fourth-order valence-electron chi connectivity index (χ4n) is 1.71.